The summed E-state index contributed by atoms with van der Waals surface area (Å²) in [7, 11) is 0. The van der Waals surface area contributed by atoms with Crippen molar-refractivity contribution in [2.45, 2.75) is 52.1 Å². The fraction of sp³-hybridized carbons (Fsp3) is 0.615. The summed E-state index contributed by atoms with van der Waals surface area (Å²) in [6, 6.07) is 2.65. The standard InChI is InChI=1S/C13H19N3O2/c1-8-7-11(15-12(14-8)13(17)18)16-9(2)5-4-6-10(16)3/h7,9-10H,4-6H2,1-3H3,(H,17,18). The van der Waals surface area contributed by atoms with Gasteiger partial charge in [-0.2, -0.15) is 0 Å². The van der Waals surface area contributed by atoms with Gasteiger partial charge in [-0.05, 0) is 40.0 Å². The smallest absolute Gasteiger partial charge is 0.374 e. The minimum atomic E-state index is -1.07. The maximum Gasteiger partial charge on any atom is 0.374 e. The molecule has 1 N–H and O–H groups in total. The van der Waals surface area contributed by atoms with E-state index < -0.39 is 5.97 Å². The van der Waals surface area contributed by atoms with Gasteiger partial charge in [0.25, 0.3) is 0 Å². The molecular formula is C13H19N3O2. The van der Waals surface area contributed by atoms with Crippen LogP contribution in [0.1, 0.15) is 49.4 Å². The van der Waals surface area contributed by atoms with Crippen LogP contribution in [0.15, 0.2) is 6.07 Å². The van der Waals surface area contributed by atoms with E-state index in [1.807, 2.05) is 6.07 Å². The third-order valence-corrected chi connectivity index (χ3v) is 3.49. The Hall–Kier alpha value is -1.65. The first-order valence-electron chi connectivity index (χ1n) is 6.36. The molecule has 0 aromatic carbocycles. The van der Waals surface area contributed by atoms with Gasteiger partial charge in [-0.25, -0.2) is 14.8 Å². The summed E-state index contributed by atoms with van der Waals surface area (Å²) in [4.78, 5) is 21.3. The summed E-state index contributed by atoms with van der Waals surface area (Å²) in [5.74, 6) is -0.452. The van der Waals surface area contributed by atoms with E-state index in [-0.39, 0.29) is 5.82 Å². The molecule has 2 atom stereocenters. The number of anilines is 1. The van der Waals surface area contributed by atoms with Crippen molar-refractivity contribution >= 4 is 11.8 Å². The van der Waals surface area contributed by atoms with Crippen molar-refractivity contribution in [3.8, 4) is 0 Å². The van der Waals surface area contributed by atoms with E-state index in [1.54, 1.807) is 6.92 Å². The molecule has 1 aliphatic rings. The van der Waals surface area contributed by atoms with E-state index in [2.05, 4.69) is 28.7 Å². The number of aromatic nitrogens is 2. The topological polar surface area (TPSA) is 66.3 Å². The van der Waals surface area contributed by atoms with E-state index >= 15 is 0 Å². The highest BCUT2D eigenvalue weighted by atomic mass is 16.4. The summed E-state index contributed by atoms with van der Waals surface area (Å²) in [6.45, 7) is 6.12. The summed E-state index contributed by atoms with van der Waals surface area (Å²) >= 11 is 0. The highest BCUT2D eigenvalue weighted by Gasteiger charge is 2.26. The lowest BCUT2D eigenvalue weighted by Crippen LogP contribution is -2.44. The van der Waals surface area contributed by atoms with Gasteiger partial charge in [0, 0.05) is 23.8 Å². The molecule has 1 saturated heterocycles. The summed E-state index contributed by atoms with van der Waals surface area (Å²) in [5.41, 5.74) is 0.697. The maximum absolute atomic E-state index is 11.0. The Morgan fingerprint density at radius 2 is 1.94 bits per heavy atom. The first-order chi connectivity index (χ1) is 8.49. The molecule has 0 saturated carbocycles. The fourth-order valence-corrected chi connectivity index (χ4v) is 2.65. The van der Waals surface area contributed by atoms with Crippen LogP contribution in [0.5, 0.6) is 0 Å². The van der Waals surface area contributed by atoms with Crippen LogP contribution in [0.4, 0.5) is 5.82 Å². The van der Waals surface area contributed by atoms with Crippen LogP contribution in [0.2, 0.25) is 0 Å². The van der Waals surface area contributed by atoms with Gasteiger partial charge in [0.2, 0.25) is 5.82 Å². The molecule has 18 heavy (non-hydrogen) atoms. The lowest BCUT2D eigenvalue weighted by Gasteiger charge is -2.40. The van der Waals surface area contributed by atoms with Crippen LogP contribution in [0.25, 0.3) is 0 Å². The van der Waals surface area contributed by atoms with Crippen molar-refractivity contribution in [1.82, 2.24) is 9.97 Å². The zero-order valence-corrected chi connectivity index (χ0v) is 11.1. The van der Waals surface area contributed by atoms with Crippen molar-refractivity contribution in [3.63, 3.8) is 0 Å². The minimum Gasteiger partial charge on any atom is -0.475 e. The monoisotopic (exact) mass is 249 g/mol. The first kappa shape index (κ1) is 12.8. The Kier molecular flexibility index (Phi) is 3.50. The highest BCUT2D eigenvalue weighted by Crippen LogP contribution is 2.27. The van der Waals surface area contributed by atoms with Crippen molar-refractivity contribution < 1.29 is 9.90 Å². The molecular weight excluding hydrogens is 230 g/mol. The predicted molar refractivity (Wildman–Crippen MR) is 69.0 cm³/mol. The number of hydrogen-bond donors (Lipinski definition) is 1. The molecule has 1 aromatic heterocycles. The molecule has 98 valence electrons. The molecule has 0 aliphatic carbocycles. The molecule has 1 aromatic rings. The van der Waals surface area contributed by atoms with Gasteiger partial charge >= 0.3 is 5.97 Å². The minimum absolute atomic E-state index is 0.116. The number of hydrogen-bond acceptors (Lipinski definition) is 4. The van der Waals surface area contributed by atoms with Crippen LogP contribution in [-0.4, -0.2) is 33.1 Å². The van der Waals surface area contributed by atoms with Crippen molar-refractivity contribution in [3.05, 3.63) is 17.6 Å². The van der Waals surface area contributed by atoms with Gasteiger partial charge < -0.3 is 10.0 Å². The van der Waals surface area contributed by atoms with E-state index in [4.69, 9.17) is 5.11 Å². The van der Waals surface area contributed by atoms with Crippen molar-refractivity contribution in [2.75, 3.05) is 4.90 Å². The number of nitrogens with zero attached hydrogens (tertiary/aromatic N) is 3. The molecule has 5 heteroatoms. The van der Waals surface area contributed by atoms with Gasteiger partial charge in [-0.3, -0.25) is 0 Å². The van der Waals surface area contributed by atoms with Crippen LogP contribution >= 0.6 is 0 Å². The third-order valence-electron chi connectivity index (χ3n) is 3.49. The zero-order chi connectivity index (χ0) is 13.3. The SMILES string of the molecule is Cc1cc(N2C(C)CCCC2C)nc(C(=O)O)n1. The zero-order valence-electron chi connectivity index (χ0n) is 11.1. The second-order valence-corrected chi connectivity index (χ2v) is 5.03. The number of carboxylic acid groups (broad SMARTS) is 1. The molecule has 1 fully saturated rings. The van der Waals surface area contributed by atoms with E-state index in [0.29, 0.717) is 17.8 Å². The number of rotatable bonds is 2. The lowest BCUT2D eigenvalue weighted by atomic mass is 9.97. The quantitative estimate of drug-likeness (QED) is 0.870. The average molecular weight is 249 g/mol. The lowest BCUT2D eigenvalue weighted by molar-refractivity contribution is 0.0683. The second kappa shape index (κ2) is 4.92. The average Bonchev–Trinajstić information content (AvgIpc) is 2.28. The van der Waals surface area contributed by atoms with E-state index in [0.717, 1.165) is 18.7 Å². The van der Waals surface area contributed by atoms with Gasteiger partial charge in [0.05, 0.1) is 0 Å². The Morgan fingerprint density at radius 3 is 2.50 bits per heavy atom. The van der Waals surface area contributed by atoms with Gasteiger partial charge in [-0.1, -0.05) is 0 Å². The number of carbonyl (C=O) groups is 1. The van der Waals surface area contributed by atoms with Crippen molar-refractivity contribution in [1.29, 1.82) is 0 Å². The van der Waals surface area contributed by atoms with Crippen LogP contribution < -0.4 is 4.90 Å². The molecule has 0 amide bonds. The number of aryl methyl sites for hydroxylation is 1. The van der Waals surface area contributed by atoms with Crippen LogP contribution in [0.3, 0.4) is 0 Å². The Balaban J connectivity index is 2.39. The molecule has 2 rings (SSSR count). The molecule has 1 aliphatic heterocycles. The fourth-order valence-electron chi connectivity index (χ4n) is 2.65. The highest BCUT2D eigenvalue weighted by molar-refractivity contribution is 5.83. The Morgan fingerprint density at radius 1 is 1.33 bits per heavy atom. The third kappa shape index (κ3) is 2.44. The number of piperidine rings is 1. The summed E-state index contributed by atoms with van der Waals surface area (Å²) in [6.07, 6.45) is 3.46. The van der Waals surface area contributed by atoms with Crippen LogP contribution in [0, 0.1) is 6.92 Å². The molecule has 0 bridgehead atoms. The summed E-state index contributed by atoms with van der Waals surface area (Å²) < 4.78 is 0. The first-order valence-corrected chi connectivity index (χ1v) is 6.36. The Labute approximate surface area is 107 Å². The Bertz CT molecular complexity index is 452. The molecule has 2 heterocycles. The molecule has 0 radical (unpaired) electrons. The van der Waals surface area contributed by atoms with Gasteiger partial charge in [-0.15, -0.1) is 0 Å². The normalized spacial score (nSPS) is 24.1. The van der Waals surface area contributed by atoms with Crippen molar-refractivity contribution in [2.24, 2.45) is 0 Å². The predicted octanol–water partition coefficient (Wildman–Crippen LogP) is 2.25. The van der Waals surface area contributed by atoms with E-state index in [9.17, 15) is 4.79 Å². The maximum atomic E-state index is 11.0. The summed E-state index contributed by atoms with van der Waals surface area (Å²) in [5, 5.41) is 9.02. The van der Waals surface area contributed by atoms with E-state index in [1.165, 1.54) is 6.42 Å². The number of carboxylic acids is 1. The molecule has 0 spiro atoms. The second-order valence-electron chi connectivity index (χ2n) is 5.03. The van der Waals surface area contributed by atoms with Gasteiger partial charge in [0.15, 0.2) is 0 Å². The largest absolute Gasteiger partial charge is 0.475 e. The molecule has 2 unspecified atom stereocenters. The molecule has 5 nitrogen and oxygen atoms in total. The van der Waals surface area contributed by atoms with Crippen LogP contribution in [-0.2, 0) is 0 Å². The number of aromatic carboxylic acids is 1. The van der Waals surface area contributed by atoms with Gasteiger partial charge in [0.1, 0.15) is 5.82 Å².